The largest absolute Gasteiger partial charge is 0.507 e. The van der Waals surface area contributed by atoms with Gasteiger partial charge in [-0.15, -0.1) is 0 Å². The molecule has 4 heteroatoms. The Morgan fingerprint density at radius 1 is 1.41 bits per heavy atom. The Hall–Kier alpha value is -1.26. The van der Waals surface area contributed by atoms with Crippen molar-refractivity contribution in [1.82, 2.24) is 5.32 Å². The third-order valence-corrected chi connectivity index (χ3v) is 3.87. The van der Waals surface area contributed by atoms with Crippen LogP contribution in [-0.2, 0) is 0 Å². The fourth-order valence-electron chi connectivity index (χ4n) is 2.80. The van der Waals surface area contributed by atoms with E-state index >= 15 is 0 Å². The van der Waals surface area contributed by atoms with Crippen molar-refractivity contribution in [2.45, 2.75) is 32.0 Å². The number of aryl methyl sites for hydroxylation is 1. The zero-order valence-corrected chi connectivity index (χ0v) is 10.1. The lowest BCUT2D eigenvalue weighted by molar-refractivity contribution is -0.0486. The van der Waals surface area contributed by atoms with Gasteiger partial charge in [0.1, 0.15) is 17.1 Å². The summed E-state index contributed by atoms with van der Waals surface area (Å²) in [7, 11) is 0. The molecule has 2 heterocycles. The molecule has 0 radical (unpaired) electrons. The second-order valence-electron chi connectivity index (χ2n) is 5.19. The zero-order chi connectivity index (χ0) is 12.2. The molecular formula is C13H17NO3. The van der Waals surface area contributed by atoms with Gasteiger partial charge in [0.15, 0.2) is 0 Å². The van der Waals surface area contributed by atoms with Crippen molar-refractivity contribution in [3.8, 4) is 11.5 Å². The summed E-state index contributed by atoms with van der Waals surface area (Å²) in [5.41, 5.74) is 2.01. The molecule has 1 aromatic carbocycles. The highest BCUT2D eigenvalue weighted by Gasteiger charge is 2.46. The Bertz CT molecular complexity index is 480. The van der Waals surface area contributed by atoms with E-state index < -0.39 is 6.10 Å². The first-order chi connectivity index (χ1) is 8.02. The number of ether oxygens (including phenoxy) is 1. The number of nitrogens with one attached hydrogen (secondary N) is 1. The number of aromatic hydroxyl groups is 1. The first-order valence-corrected chi connectivity index (χ1v) is 5.93. The average molecular weight is 235 g/mol. The fourth-order valence-corrected chi connectivity index (χ4v) is 2.80. The van der Waals surface area contributed by atoms with Crippen LogP contribution in [0, 0.1) is 13.8 Å². The normalized spacial score (nSPS) is 25.0. The minimum Gasteiger partial charge on any atom is -0.507 e. The molecule has 0 aromatic heterocycles. The van der Waals surface area contributed by atoms with Gasteiger partial charge in [-0.2, -0.15) is 0 Å². The van der Waals surface area contributed by atoms with Crippen LogP contribution in [-0.4, -0.2) is 28.9 Å². The first kappa shape index (κ1) is 10.9. The third kappa shape index (κ3) is 1.44. The lowest BCUT2D eigenvalue weighted by Gasteiger charge is -2.47. The van der Waals surface area contributed by atoms with E-state index in [0.29, 0.717) is 6.42 Å². The van der Waals surface area contributed by atoms with Gasteiger partial charge in [-0.3, -0.25) is 0 Å². The Morgan fingerprint density at radius 3 is 2.71 bits per heavy atom. The number of rotatable bonds is 0. The summed E-state index contributed by atoms with van der Waals surface area (Å²) in [4.78, 5) is 0. The molecule has 4 nitrogen and oxygen atoms in total. The van der Waals surface area contributed by atoms with Crippen molar-refractivity contribution in [1.29, 1.82) is 0 Å². The van der Waals surface area contributed by atoms with Crippen LogP contribution in [0.5, 0.6) is 11.5 Å². The van der Waals surface area contributed by atoms with E-state index in [-0.39, 0.29) is 11.4 Å². The lowest BCUT2D eigenvalue weighted by Crippen LogP contribution is -2.64. The minimum absolute atomic E-state index is 0.248. The van der Waals surface area contributed by atoms with Crippen LogP contribution in [0.25, 0.3) is 0 Å². The Labute approximate surface area is 100 Å². The monoisotopic (exact) mass is 235 g/mol. The molecule has 3 N–H and O–H groups in total. The predicted octanol–water partition coefficient (Wildman–Crippen LogP) is 1.17. The van der Waals surface area contributed by atoms with Crippen molar-refractivity contribution >= 4 is 0 Å². The number of phenols is 1. The lowest BCUT2D eigenvalue weighted by atomic mass is 9.82. The molecule has 1 unspecified atom stereocenters. The topological polar surface area (TPSA) is 61.7 Å². The van der Waals surface area contributed by atoms with Gasteiger partial charge in [-0.1, -0.05) is 0 Å². The number of hydrogen-bond donors (Lipinski definition) is 3. The molecule has 2 aliphatic rings. The quantitative estimate of drug-likeness (QED) is 0.631. The summed E-state index contributed by atoms with van der Waals surface area (Å²) < 4.78 is 6.01. The molecule has 0 bridgehead atoms. The minimum atomic E-state index is -0.549. The SMILES string of the molecule is Cc1cc2c(c(C)c1O)C(O)CC1(CNC1)O2. The maximum absolute atomic E-state index is 10.2. The average Bonchev–Trinajstić information content (AvgIpc) is 2.23. The van der Waals surface area contributed by atoms with Gasteiger partial charge in [0, 0.05) is 30.6 Å². The van der Waals surface area contributed by atoms with Gasteiger partial charge in [-0.05, 0) is 25.5 Å². The highest BCUT2D eigenvalue weighted by molar-refractivity contribution is 5.54. The van der Waals surface area contributed by atoms with E-state index in [1.54, 1.807) is 0 Å². The maximum Gasteiger partial charge on any atom is 0.136 e. The van der Waals surface area contributed by atoms with Crippen LogP contribution in [0.4, 0.5) is 0 Å². The highest BCUT2D eigenvalue weighted by atomic mass is 16.5. The number of phenolic OH excluding ortho intramolecular Hbond substituents is 1. The van der Waals surface area contributed by atoms with Crippen LogP contribution < -0.4 is 10.1 Å². The zero-order valence-electron chi connectivity index (χ0n) is 10.1. The summed E-state index contributed by atoms with van der Waals surface area (Å²) in [5.74, 6) is 0.979. The molecule has 2 aliphatic heterocycles. The van der Waals surface area contributed by atoms with Crippen LogP contribution >= 0.6 is 0 Å². The fraction of sp³-hybridized carbons (Fsp3) is 0.538. The van der Waals surface area contributed by atoms with E-state index in [9.17, 15) is 10.2 Å². The molecule has 1 spiro atoms. The van der Waals surface area contributed by atoms with Gasteiger partial charge in [0.05, 0.1) is 6.10 Å². The smallest absolute Gasteiger partial charge is 0.136 e. The van der Waals surface area contributed by atoms with E-state index in [4.69, 9.17) is 4.74 Å². The molecule has 1 atom stereocenters. The highest BCUT2D eigenvalue weighted by Crippen LogP contribution is 2.45. The van der Waals surface area contributed by atoms with Gasteiger partial charge in [-0.25, -0.2) is 0 Å². The Morgan fingerprint density at radius 2 is 2.12 bits per heavy atom. The van der Waals surface area contributed by atoms with Gasteiger partial charge >= 0.3 is 0 Å². The van der Waals surface area contributed by atoms with Crippen molar-refractivity contribution < 1.29 is 14.9 Å². The van der Waals surface area contributed by atoms with Gasteiger partial charge < -0.3 is 20.3 Å². The number of fused-ring (bicyclic) bond motifs is 1. The van der Waals surface area contributed by atoms with Crippen molar-refractivity contribution in [3.63, 3.8) is 0 Å². The van der Waals surface area contributed by atoms with Crippen molar-refractivity contribution in [2.75, 3.05) is 13.1 Å². The molecule has 1 fully saturated rings. The van der Waals surface area contributed by atoms with Crippen molar-refractivity contribution in [2.24, 2.45) is 0 Å². The molecule has 3 rings (SSSR count). The van der Waals surface area contributed by atoms with E-state index in [1.165, 1.54) is 0 Å². The number of benzene rings is 1. The molecule has 0 saturated carbocycles. The molecule has 1 aromatic rings. The van der Waals surface area contributed by atoms with Crippen LogP contribution in [0.1, 0.15) is 29.2 Å². The molecule has 17 heavy (non-hydrogen) atoms. The van der Waals surface area contributed by atoms with Crippen molar-refractivity contribution in [3.05, 3.63) is 22.8 Å². The summed E-state index contributed by atoms with van der Waals surface area (Å²) >= 11 is 0. The second kappa shape index (κ2) is 3.37. The second-order valence-corrected chi connectivity index (χ2v) is 5.19. The van der Waals surface area contributed by atoms with Crippen LogP contribution in [0.3, 0.4) is 0 Å². The van der Waals surface area contributed by atoms with E-state index in [2.05, 4.69) is 5.32 Å². The Kier molecular flexibility index (Phi) is 2.15. The molecular weight excluding hydrogens is 218 g/mol. The van der Waals surface area contributed by atoms with Gasteiger partial charge in [0.25, 0.3) is 0 Å². The van der Waals surface area contributed by atoms with E-state index in [1.807, 2.05) is 19.9 Å². The van der Waals surface area contributed by atoms with Crippen LogP contribution in [0.15, 0.2) is 6.07 Å². The molecule has 92 valence electrons. The van der Waals surface area contributed by atoms with Crippen LogP contribution in [0.2, 0.25) is 0 Å². The molecule has 1 saturated heterocycles. The summed E-state index contributed by atoms with van der Waals surface area (Å²) in [6, 6.07) is 1.82. The van der Waals surface area contributed by atoms with E-state index in [0.717, 1.165) is 35.5 Å². The standard InChI is InChI=1S/C13H17NO3/c1-7-3-10-11(8(2)12(7)16)9(15)4-13(17-10)5-14-6-13/h3,9,14-16H,4-6H2,1-2H3. The molecule has 0 amide bonds. The Balaban J connectivity index is 2.11. The predicted molar refractivity (Wildman–Crippen MR) is 63.4 cm³/mol. The number of aliphatic hydroxyl groups is 1. The molecule has 0 aliphatic carbocycles. The first-order valence-electron chi connectivity index (χ1n) is 5.93. The summed E-state index contributed by atoms with van der Waals surface area (Å²) in [6.45, 7) is 5.23. The summed E-state index contributed by atoms with van der Waals surface area (Å²) in [6.07, 6.45) is 0.0448. The summed E-state index contributed by atoms with van der Waals surface area (Å²) in [5, 5.41) is 23.3. The third-order valence-electron chi connectivity index (χ3n) is 3.87. The number of hydrogen-bond acceptors (Lipinski definition) is 4. The van der Waals surface area contributed by atoms with Gasteiger partial charge in [0.2, 0.25) is 0 Å². The maximum atomic E-state index is 10.2. The number of aliphatic hydroxyl groups excluding tert-OH is 1.